The molecule has 0 saturated carbocycles. The summed E-state index contributed by atoms with van der Waals surface area (Å²) in [6.45, 7) is 0.509. The molecule has 0 spiro atoms. The quantitative estimate of drug-likeness (QED) is 0.687. The molecule has 1 aromatic carbocycles. The number of nitrogens with zero attached hydrogens (tertiary/aromatic N) is 2. The van der Waals surface area contributed by atoms with E-state index < -0.39 is 10.0 Å². The van der Waals surface area contributed by atoms with E-state index in [9.17, 15) is 8.42 Å². The van der Waals surface area contributed by atoms with Crippen molar-refractivity contribution in [1.29, 1.82) is 0 Å². The van der Waals surface area contributed by atoms with Crippen LogP contribution >= 0.6 is 23.2 Å². The van der Waals surface area contributed by atoms with Crippen molar-refractivity contribution >= 4 is 49.8 Å². The van der Waals surface area contributed by atoms with Crippen molar-refractivity contribution < 1.29 is 8.42 Å². The second kappa shape index (κ2) is 5.83. The standard InChI is InChI=1S/C13H12Cl2N4O2S/c14-3-4-19-8-10(6-17-19)18-22(20,21)13-7-16-12-5-9(15)1-2-11(12)13/h1-2,5-8,16,18H,3-4H2. The molecule has 0 amide bonds. The molecule has 116 valence electrons. The molecule has 3 rings (SSSR count). The van der Waals surface area contributed by atoms with Crippen LogP contribution in [0.4, 0.5) is 5.69 Å². The number of alkyl halides is 1. The Morgan fingerprint density at radius 3 is 2.95 bits per heavy atom. The van der Waals surface area contributed by atoms with Crippen molar-refractivity contribution in [3.05, 3.63) is 41.8 Å². The van der Waals surface area contributed by atoms with Gasteiger partial charge in [0.05, 0.1) is 18.4 Å². The summed E-state index contributed by atoms with van der Waals surface area (Å²) in [5.41, 5.74) is 1.04. The van der Waals surface area contributed by atoms with Crippen molar-refractivity contribution in [3.63, 3.8) is 0 Å². The molecule has 0 unspecified atom stereocenters. The normalized spacial score (nSPS) is 11.9. The summed E-state index contributed by atoms with van der Waals surface area (Å²) in [6, 6.07) is 4.99. The summed E-state index contributed by atoms with van der Waals surface area (Å²) in [5, 5.41) is 5.14. The minimum atomic E-state index is -3.72. The number of fused-ring (bicyclic) bond motifs is 1. The van der Waals surface area contributed by atoms with Crippen molar-refractivity contribution in [1.82, 2.24) is 14.8 Å². The van der Waals surface area contributed by atoms with E-state index in [1.807, 2.05) is 0 Å². The number of aromatic nitrogens is 3. The van der Waals surface area contributed by atoms with E-state index in [1.54, 1.807) is 29.1 Å². The van der Waals surface area contributed by atoms with Crippen LogP contribution in [0.5, 0.6) is 0 Å². The molecule has 0 saturated heterocycles. The van der Waals surface area contributed by atoms with Gasteiger partial charge in [-0.2, -0.15) is 5.10 Å². The first-order chi connectivity index (χ1) is 10.5. The van der Waals surface area contributed by atoms with Crippen molar-refractivity contribution in [2.75, 3.05) is 10.6 Å². The van der Waals surface area contributed by atoms with E-state index in [-0.39, 0.29) is 4.90 Å². The largest absolute Gasteiger partial charge is 0.360 e. The number of nitrogens with one attached hydrogen (secondary N) is 2. The SMILES string of the molecule is O=S(=O)(Nc1cnn(CCCl)c1)c1c[nH]c2cc(Cl)ccc12. The predicted molar refractivity (Wildman–Crippen MR) is 87.1 cm³/mol. The van der Waals surface area contributed by atoms with Gasteiger partial charge in [-0.3, -0.25) is 9.40 Å². The molecule has 3 aromatic rings. The zero-order chi connectivity index (χ0) is 15.7. The van der Waals surface area contributed by atoms with Crippen LogP contribution in [0.2, 0.25) is 5.02 Å². The maximum atomic E-state index is 12.5. The lowest BCUT2D eigenvalue weighted by molar-refractivity contribution is 0.602. The molecule has 2 heterocycles. The molecule has 9 heteroatoms. The first kappa shape index (κ1) is 15.2. The fourth-order valence-corrected chi connectivity index (χ4v) is 3.68. The molecule has 0 aliphatic carbocycles. The molecule has 0 atom stereocenters. The summed E-state index contributed by atoms with van der Waals surface area (Å²) < 4.78 is 29.1. The smallest absolute Gasteiger partial charge is 0.264 e. The number of H-pyrrole nitrogens is 1. The summed E-state index contributed by atoms with van der Waals surface area (Å²) in [7, 11) is -3.72. The Hall–Kier alpha value is -1.70. The Morgan fingerprint density at radius 1 is 1.36 bits per heavy atom. The monoisotopic (exact) mass is 358 g/mol. The van der Waals surface area contributed by atoms with Gasteiger partial charge in [0.1, 0.15) is 4.90 Å². The van der Waals surface area contributed by atoms with E-state index in [2.05, 4.69) is 14.8 Å². The first-order valence-corrected chi connectivity index (χ1v) is 8.77. The van der Waals surface area contributed by atoms with Crippen molar-refractivity contribution in [2.45, 2.75) is 11.4 Å². The van der Waals surface area contributed by atoms with E-state index in [0.717, 1.165) is 0 Å². The lowest BCUT2D eigenvalue weighted by atomic mass is 10.2. The number of anilines is 1. The van der Waals surface area contributed by atoms with Gasteiger partial charge in [0.2, 0.25) is 0 Å². The summed E-state index contributed by atoms with van der Waals surface area (Å²) in [6.07, 6.45) is 4.47. The summed E-state index contributed by atoms with van der Waals surface area (Å²) in [4.78, 5) is 3.06. The molecule has 0 bridgehead atoms. The predicted octanol–water partition coefficient (Wildman–Crippen LogP) is 3.06. The number of hydrogen-bond donors (Lipinski definition) is 2. The molecule has 2 N–H and O–H groups in total. The number of halogens is 2. The summed E-state index contributed by atoms with van der Waals surface area (Å²) in [5.74, 6) is 0.400. The zero-order valence-electron chi connectivity index (χ0n) is 11.3. The molecule has 6 nitrogen and oxygen atoms in total. The number of hydrogen-bond acceptors (Lipinski definition) is 3. The van der Waals surface area contributed by atoms with Crippen molar-refractivity contribution in [2.24, 2.45) is 0 Å². The first-order valence-electron chi connectivity index (χ1n) is 6.37. The molecule has 0 aliphatic rings. The fourth-order valence-electron chi connectivity index (χ4n) is 2.13. The second-order valence-electron chi connectivity index (χ2n) is 4.63. The van der Waals surface area contributed by atoms with Crippen molar-refractivity contribution in [3.8, 4) is 0 Å². The average molecular weight is 359 g/mol. The fraction of sp³-hybridized carbons (Fsp3) is 0.154. The topological polar surface area (TPSA) is 79.8 Å². The Labute approximate surface area is 137 Å². The molecule has 0 fully saturated rings. The summed E-state index contributed by atoms with van der Waals surface area (Å²) >= 11 is 11.5. The van der Waals surface area contributed by atoms with Crippen LogP contribution in [0.15, 0.2) is 41.7 Å². The van der Waals surface area contributed by atoms with Crippen LogP contribution in [-0.2, 0) is 16.6 Å². The van der Waals surface area contributed by atoms with Gasteiger partial charge in [-0.05, 0) is 18.2 Å². The van der Waals surface area contributed by atoms with Gasteiger partial charge in [0.25, 0.3) is 10.0 Å². The number of sulfonamides is 1. The lowest BCUT2D eigenvalue weighted by Crippen LogP contribution is -2.12. The minimum Gasteiger partial charge on any atom is -0.360 e. The van der Waals surface area contributed by atoms with Gasteiger partial charge < -0.3 is 4.98 Å². The number of benzene rings is 1. The highest BCUT2D eigenvalue weighted by Crippen LogP contribution is 2.26. The molecule has 0 aliphatic heterocycles. The highest BCUT2D eigenvalue weighted by atomic mass is 35.5. The Kier molecular flexibility index (Phi) is 4.03. The van der Waals surface area contributed by atoms with Crippen LogP contribution in [0.25, 0.3) is 10.9 Å². The number of aromatic amines is 1. The Balaban J connectivity index is 1.93. The van der Waals surface area contributed by atoms with E-state index in [1.165, 1.54) is 12.4 Å². The molecule has 0 radical (unpaired) electrons. The van der Waals surface area contributed by atoms with Crippen LogP contribution in [0, 0.1) is 0 Å². The number of aryl methyl sites for hydroxylation is 1. The Bertz CT molecular complexity index is 917. The maximum absolute atomic E-state index is 12.5. The third kappa shape index (κ3) is 2.92. The van der Waals surface area contributed by atoms with Crippen LogP contribution in [0.1, 0.15) is 0 Å². The molecular formula is C13H12Cl2N4O2S. The average Bonchev–Trinajstić information content (AvgIpc) is 3.05. The van der Waals surface area contributed by atoms with Gasteiger partial charge >= 0.3 is 0 Å². The minimum absolute atomic E-state index is 0.157. The molecule has 22 heavy (non-hydrogen) atoms. The van der Waals surface area contributed by atoms with E-state index in [0.29, 0.717) is 34.0 Å². The maximum Gasteiger partial charge on any atom is 0.264 e. The second-order valence-corrected chi connectivity index (χ2v) is 7.09. The van der Waals surface area contributed by atoms with Gasteiger partial charge in [-0.15, -0.1) is 11.6 Å². The van der Waals surface area contributed by atoms with Gasteiger partial charge in [-0.25, -0.2) is 8.42 Å². The highest BCUT2D eigenvalue weighted by molar-refractivity contribution is 7.93. The van der Waals surface area contributed by atoms with Gasteiger partial charge in [0, 0.05) is 34.2 Å². The highest BCUT2D eigenvalue weighted by Gasteiger charge is 2.19. The van der Waals surface area contributed by atoms with E-state index >= 15 is 0 Å². The van der Waals surface area contributed by atoms with Crippen LogP contribution < -0.4 is 4.72 Å². The van der Waals surface area contributed by atoms with Gasteiger partial charge in [0.15, 0.2) is 0 Å². The molecular weight excluding hydrogens is 347 g/mol. The third-order valence-electron chi connectivity index (χ3n) is 3.09. The zero-order valence-corrected chi connectivity index (χ0v) is 13.6. The number of rotatable bonds is 5. The lowest BCUT2D eigenvalue weighted by Gasteiger charge is -2.04. The van der Waals surface area contributed by atoms with Crippen LogP contribution in [0.3, 0.4) is 0 Å². The van der Waals surface area contributed by atoms with Crippen LogP contribution in [-0.4, -0.2) is 29.1 Å². The van der Waals surface area contributed by atoms with Gasteiger partial charge in [-0.1, -0.05) is 11.6 Å². The third-order valence-corrected chi connectivity index (χ3v) is 4.92. The molecule has 2 aromatic heterocycles. The Morgan fingerprint density at radius 2 is 2.18 bits per heavy atom. The van der Waals surface area contributed by atoms with E-state index in [4.69, 9.17) is 23.2 Å².